The van der Waals surface area contributed by atoms with Crippen LogP contribution in [-0.2, 0) is 14.4 Å². The third-order valence-corrected chi connectivity index (χ3v) is 6.50. The Balaban J connectivity index is 2.15. The molecule has 0 aliphatic carbocycles. The van der Waals surface area contributed by atoms with Crippen LogP contribution < -0.4 is 5.32 Å². The van der Waals surface area contributed by atoms with Gasteiger partial charge in [-0.1, -0.05) is 48.1 Å². The van der Waals surface area contributed by atoms with E-state index < -0.39 is 47.8 Å². The van der Waals surface area contributed by atoms with E-state index in [-0.39, 0.29) is 21.6 Å². The number of carboxylic acid groups (broad SMARTS) is 1. The Labute approximate surface area is 176 Å². The fourth-order valence-electron chi connectivity index (χ4n) is 4.08. The molecule has 4 unspecified atom stereocenters. The number of imide groups is 1. The molecular weight excluding hydrogens is 431 g/mol. The van der Waals surface area contributed by atoms with Gasteiger partial charge in [0.25, 0.3) is 0 Å². The van der Waals surface area contributed by atoms with Gasteiger partial charge in [-0.05, 0) is 24.1 Å². The van der Waals surface area contributed by atoms with Gasteiger partial charge in [0.05, 0.1) is 28.5 Å². The minimum absolute atomic E-state index is 0.105. The molecule has 2 fully saturated rings. The first-order valence-corrected chi connectivity index (χ1v) is 9.94. The summed E-state index contributed by atoms with van der Waals surface area (Å²) in [6.45, 7) is 1.24. The number of halogens is 3. The maximum Gasteiger partial charge on any atom is 0.327 e. The van der Waals surface area contributed by atoms with E-state index >= 15 is 0 Å². The van der Waals surface area contributed by atoms with Gasteiger partial charge in [0.1, 0.15) is 0 Å². The largest absolute Gasteiger partial charge is 0.480 e. The van der Waals surface area contributed by atoms with Crippen molar-refractivity contribution in [1.29, 1.82) is 0 Å². The second-order valence-electron chi connectivity index (χ2n) is 7.03. The van der Waals surface area contributed by atoms with E-state index in [9.17, 15) is 24.6 Å². The Morgan fingerprint density at radius 2 is 1.93 bits per heavy atom. The molecule has 10 heteroatoms. The standard InChI is InChI=1S/C18H19Cl3N2O5/c1-2-3-4-23-15(25)11-12(16(23)26)18(7-24,17(27)28)22-14(11)9-5-8(19)6-10(20)13(9)21/h5-6,11-12,14,22,24H,2-4,7H2,1H3,(H,27,28). The summed E-state index contributed by atoms with van der Waals surface area (Å²) < 4.78 is 0. The number of fused-ring (bicyclic) bond motifs is 1. The summed E-state index contributed by atoms with van der Waals surface area (Å²) in [6, 6.07) is 1.96. The smallest absolute Gasteiger partial charge is 0.327 e. The molecule has 7 nitrogen and oxygen atoms in total. The van der Waals surface area contributed by atoms with E-state index in [2.05, 4.69) is 5.32 Å². The second-order valence-corrected chi connectivity index (χ2v) is 8.25. The first kappa shape index (κ1) is 21.3. The first-order chi connectivity index (χ1) is 13.2. The summed E-state index contributed by atoms with van der Waals surface area (Å²) in [5, 5.41) is 23.0. The Kier molecular flexibility index (Phi) is 5.94. The summed E-state index contributed by atoms with van der Waals surface area (Å²) in [5.41, 5.74) is -1.70. The minimum atomic E-state index is -2.01. The summed E-state index contributed by atoms with van der Waals surface area (Å²) in [4.78, 5) is 39.2. The number of carbonyl (C=O) groups is 3. The van der Waals surface area contributed by atoms with Crippen LogP contribution in [0.15, 0.2) is 12.1 Å². The average Bonchev–Trinajstić information content (AvgIpc) is 3.12. The summed E-state index contributed by atoms with van der Waals surface area (Å²) in [7, 11) is 0. The number of carboxylic acids is 1. The number of nitrogens with zero attached hydrogens (tertiary/aromatic N) is 1. The van der Waals surface area contributed by atoms with Crippen LogP contribution in [0, 0.1) is 11.8 Å². The number of nitrogens with one attached hydrogen (secondary N) is 1. The molecule has 152 valence electrons. The number of likely N-dealkylation sites (tertiary alicyclic amines) is 1. The maximum absolute atomic E-state index is 13.1. The van der Waals surface area contributed by atoms with Crippen molar-refractivity contribution >= 4 is 52.6 Å². The van der Waals surface area contributed by atoms with Crippen LogP contribution in [0.1, 0.15) is 31.4 Å². The van der Waals surface area contributed by atoms with Crippen molar-refractivity contribution < 1.29 is 24.6 Å². The van der Waals surface area contributed by atoms with Gasteiger partial charge in [-0.25, -0.2) is 0 Å². The predicted molar refractivity (Wildman–Crippen MR) is 103 cm³/mol. The fourth-order valence-corrected chi connectivity index (χ4v) is 4.81. The van der Waals surface area contributed by atoms with Gasteiger partial charge in [-0.2, -0.15) is 0 Å². The number of aliphatic carboxylic acids is 1. The van der Waals surface area contributed by atoms with Gasteiger partial charge in [0.2, 0.25) is 11.8 Å². The molecule has 3 rings (SSSR count). The lowest BCUT2D eigenvalue weighted by molar-refractivity contribution is -0.153. The molecule has 0 aromatic heterocycles. The van der Waals surface area contributed by atoms with Crippen molar-refractivity contribution in [1.82, 2.24) is 10.2 Å². The summed E-state index contributed by atoms with van der Waals surface area (Å²) >= 11 is 18.5. The Morgan fingerprint density at radius 3 is 2.50 bits per heavy atom. The number of hydrogen-bond donors (Lipinski definition) is 3. The molecule has 4 atom stereocenters. The molecule has 2 aliphatic heterocycles. The minimum Gasteiger partial charge on any atom is -0.480 e. The maximum atomic E-state index is 13.1. The number of hydrogen-bond acceptors (Lipinski definition) is 5. The Hall–Kier alpha value is -1.38. The number of aliphatic hydroxyl groups is 1. The predicted octanol–water partition coefficient (Wildman–Crippen LogP) is 2.51. The molecule has 28 heavy (non-hydrogen) atoms. The molecule has 0 saturated carbocycles. The van der Waals surface area contributed by atoms with Crippen LogP contribution in [0.25, 0.3) is 0 Å². The van der Waals surface area contributed by atoms with Gasteiger partial charge >= 0.3 is 5.97 Å². The fraction of sp³-hybridized carbons (Fsp3) is 0.500. The first-order valence-electron chi connectivity index (χ1n) is 8.81. The molecule has 2 saturated heterocycles. The van der Waals surface area contributed by atoms with Crippen molar-refractivity contribution in [2.75, 3.05) is 13.2 Å². The number of rotatable bonds is 6. The van der Waals surface area contributed by atoms with Gasteiger partial charge in [0.15, 0.2) is 5.54 Å². The number of unbranched alkanes of at least 4 members (excludes halogenated alkanes) is 1. The SMILES string of the molecule is CCCCN1C(=O)C2C(c3cc(Cl)cc(Cl)c3Cl)NC(CO)(C(=O)O)C2C1=O. The van der Waals surface area contributed by atoms with Crippen LogP contribution >= 0.6 is 34.8 Å². The summed E-state index contributed by atoms with van der Waals surface area (Å²) in [5.74, 6) is -4.84. The summed E-state index contributed by atoms with van der Waals surface area (Å²) in [6.07, 6.45) is 1.35. The van der Waals surface area contributed by atoms with E-state index in [4.69, 9.17) is 34.8 Å². The number of aliphatic hydroxyl groups excluding tert-OH is 1. The normalized spacial score (nSPS) is 29.5. The van der Waals surface area contributed by atoms with Crippen molar-refractivity contribution in [2.45, 2.75) is 31.3 Å². The molecule has 0 spiro atoms. The Bertz CT molecular complexity index is 849. The quantitative estimate of drug-likeness (QED) is 0.455. The molecule has 0 radical (unpaired) electrons. The van der Waals surface area contributed by atoms with E-state index in [1.165, 1.54) is 12.1 Å². The Morgan fingerprint density at radius 1 is 1.25 bits per heavy atom. The van der Waals surface area contributed by atoms with Crippen molar-refractivity contribution in [2.24, 2.45) is 11.8 Å². The third kappa shape index (κ3) is 3.09. The highest BCUT2D eigenvalue weighted by Crippen LogP contribution is 2.51. The third-order valence-electron chi connectivity index (χ3n) is 5.47. The van der Waals surface area contributed by atoms with Gasteiger partial charge in [-0.15, -0.1) is 0 Å². The lowest BCUT2D eigenvalue weighted by Gasteiger charge is -2.29. The monoisotopic (exact) mass is 448 g/mol. The molecule has 1 aromatic carbocycles. The topological polar surface area (TPSA) is 107 Å². The van der Waals surface area contributed by atoms with Crippen molar-refractivity contribution in [3.8, 4) is 0 Å². The zero-order valence-electron chi connectivity index (χ0n) is 14.9. The second kappa shape index (κ2) is 7.80. The van der Waals surface area contributed by atoms with Crippen LogP contribution in [-0.4, -0.2) is 51.6 Å². The lowest BCUT2D eigenvalue weighted by Crippen LogP contribution is -2.58. The number of benzene rings is 1. The van der Waals surface area contributed by atoms with Crippen molar-refractivity contribution in [3.05, 3.63) is 32.8 Å². The van der Waals surface area contributed by atoms with Crippen LogP contribution in [0.2, 0.25) is 15.1 Å². The zero-order valence-corrected chi connectivity index (χ0v) is 17.2. The van der Waals surface area contributed by atoms with Crippen LogP contribution in [0.5, 0.6) is 0 Å². The number of amides is 2. The van der Waals surface area contributed by atoms with Gasteiger partial charge < -0.3 is 10.2 Å². The molecule has 2 amide bonds. The molecule has 3 N–H and O–H groups in total. The van der Waals surface area contributed by atoms with Gasteiger partial charge in [0, 0.05) is 17.6 Å². The van der Waals surface area contributed by atoms with Crippen LogP contribution in [0.4, 0.5) is 0 Å². The molecule has 2 aliphatic rings. The highest BCUT2D eigenvalue weighted by molar-refractivity contribution is 6.43. The van der Waals surface area contributed by atoms with E-state index in [0.717, 1.165) is 11.3 Å². The highest BCUT2D eigenvalue weighted by atomic mass is 35.5. The van der Waals surface area contributed by atoms with E-state index in [1.807, 2.05) is 6.92 Å². The van der Waals surface area contributed by atoms with Gasteiger partial charge in [-0.3, -0.25) is 24.6 Å². The van der Waals surface area contributed by atoms with E-state index in [1.54, 1.807) is 0 Å². The lowest BCUT2D eigenvalue weighted by atomic mass is 9.79. The van der Waals surface area contributed by atoms with Crippen LogP contribution in [0.3, 0.4) is 0 Å². The van der Waals surface area contributed by atoms with E-state index in [0.29, 0.717) is 12.0 Å². The highest BCUT2D eigenvalue weighted by Gasteiger charge is 2.68. The molecule has 0 bridgehead atoms. The molecule has 1 aromatic rings. The number of carbonyl (C=O) groups excluding carboxylic acids is 2. The zero-order chi connectivity index (χ0) is 20.8. The average molecular weight is 450 g/mol. The molecular formula is C18H19Cl3N2O5. The molecule has 2 heterocycles. The van der Waals surface area contributed by atoms with Crippen molar-refractivity contribution in [3.63, 3.8) is 0 Å².